The minimum atomic E-state index is -0.412. The van der Waals surface area contributed by atoms with Crippen molar-refractivity contribution in [2.75, 3.05) is 13.1 Å². The summed E-state index contributed by atoms with van der Waals surface area (Å²) in [6.07, 6.45) is 4.01. The number of carbonyl (C=O) groups excluding carboxylic acids is 1. The lowest BCUT2D eigenvalue weighted by Crippen LogP contribution is -2.30. The minimum Gasteiger partial charge on any atom is -0.377 e. The van der Waals surface area contributed by atoms with E-state index in [0.29, 0.717) is 22.2 Å². The van der Waals surface area contributed by atoms with Crippen LogP contribution in [0.5, 0.6) is 0 Å². The number of hydrogen-bond acceptors (Lipinski definition) is 4. The van der Waals surface area contributed by atoms with Gasteiger partial charge in [-0.25, -0.2) is 4.79 Å². The molecule has 4 nitrogen and oxygen atoms in total. The average molecular weight is 367 g/mol. The molecule has 2 aliphatic rings. The van der Waals surface area contributed by atoms with Gasteiger partial charge in [-0.3, -0.25) is 0 Å². The standard InChI is InChI=1S/C21H19ClN2O2/c22-18-8-4-7-17(13-18)20-19(21(25)26-23-20)14-24-11-9-16(10-12-24)15-5-2-1-3-6-15/h1-8,13-14,16H,9-12H2. The Kier molecular flexibility index (Phi) is 4.76. The van der Waals surface area contributed by atoms with E-state index in [9.17, 15) is 4.79 Å². The van der Waals surface area contributed by atoms with Crippen molar-refractivity contribution in [1.82, 2.24) is 4.90 Å². The predicted octanol–water partition coefficient (Wildman–Crippen LogP) is 4.36. The summed E-state index contributed by atoms with van der Waals surface area (Å²) >= 11 is 6.06. The van der Waals surface area contributed by atoms with Crippen molar-refractivity contribution < 1.29 is 9.63 Å². The third kappa shape index (κ3) is 3.51. The summed E-state index contributed by atoms with van der Waals surface area (Å²) in [6.45, 7) is 1.80. The summed E-state index contributed by atoms with van der Waals surface area (Å²) in [5, 5.41) is 4.56. The largest absolute Gasteiger partial charge is 0.377 e. The van der Waals surface area contributed by atoms with Gasteiger partial charge in [-0.2, -0.15) is 0 Å². The van der Waals surface area contributed by atoms with Gasteiger partial charge in [-0.15, -0.1) is 0 Å². The molecule has 5 heteroatoms. The molecular formula is C21H19ClN2O2. The van der Waals surface area contributed by atoms with Gasteiger partial charge >= 0.3 is 5.97 Å². The fourth-order valence-corrected chi connectivity index (χ4v) is 3.70. The Morgan fingerprint density at radius 3 is 2.58 bits per heavy atom. The van der Waals surface area contributed by atoms with Crippen LogP contribution in [0.3, 0.4) is 0 Å². The van der Waals surface area contributed by atoms with Crippen LogP contribution < -0.4 is 0 Å². The maximum absolute atomic E-state index is 12.1. The second-order valence-corrected chi connectivity index (χ2v) is 7.03. The van der Waals surface area contributed by atoms with Crippen molar-refractivity contribution in [3.05, 3.63) is 82.5 Å². The third-order valence-corrected chi connectivity index (χ3v) is 5.14. The van der Waals surface area contributed by atoms with Gasteiger partial charge in [0.1, 0.15) is 11.3 Å². The Labute approximate surface area is 157 Å². The first-order valence-corrected chi connectivity index (χ1v) is 9.15. The Bertz CT molecular complexity index is 869. The second kappa shape index (κ2) is 7.34. The number of halogens is 1. The Hall–Kier alpha value is -2.59. The molecule has 2 heterocycles. The molecule has 0 unspecified atom stereocenters. The Morgan fingerprint density at radius 2 is 1.85 bits per heavy atom. The minimum absolute atomic E-state index is 0.412. The van der Waals surface area contributed by atoms with Crippen molar-refractivity contribution in [3.63, 3.8) is 0 Å². The van der Waals surface area contributed by atoms with E-state index in [4.69, 9.17) is 16.4 Å². The zero-order valence-corrected chi connectivity index (χ0v) is 15.0. The summed E-state index contributed by atoms with van der Waals surface area (Å²) in [5.74, 6) is 0.160. The van der Waals surface area contributed by atoms with Gasteiger partial charge in [0.2, 0.25) is 0 Å². The molecule has 0 bridgehead atoms. The topological polar surface area (TPSA) is 41.9 Å². The number of nitrogens with zero attached hydrogens (tertiary/aromatic N) is 2. The molecule has 0 atom stereocenters. The van der Waals surface area contributed by atoms with Crippen LogP contribution in [0.2, 0.25) is 5.02 Å². The van der Waals surface area contributed by atoms with Crippen LogP contribution in [0.25, 0.3) is 0 Å². The van der Waals surface area contributed by atoms with Crippen molar-refractivity contribution >= 4 is 23.3 Å². The highest BCUT2D eigenvalue weighted by Crippen LogP contribution is 2.29. The molecule has 0 spiro atoms. The van der Waals surface area contributed by atoms with E-state index in [-0.39, 0.29) is 0 Å². The maximum Gasteiger partial charge on any atom is 0.369 e. The first kappa shape index (κ1) is 16.9. The molecule has 4 rings (SSSR count). The molecule has 26 heavy (non-hydrogen) atoms. The van der Waals surface area contributed by atoms with Crippen LogP contribution in [0.1, 0.15) is 29.9 Å². The third-order valence-electron chi connectivity index (χ3n) is 4.91. The normalized spacial score (nSPS) is 19.6. The molecular weight excluding hydrogens is 348 g/mol. The molecule has 0 saturated carbocycles. The molecule has 0 radical (unpaired) electrons. The summed E-state index contributed by atoms with van der Waals surface area (Å²) in [6, 6.07) is 17.9. The zero-order valence-electron chi connectivity index (χ0n) is 14.3. The summed E-state index contributed by atoms with van der Waals surface area (Å²) in [5.41, 5.74) is 3.21. The summed E-state index contributed by atoms with van der Waals surface area (Å²) in [7, 11) is 0. The van der Waals surface area contributed by atoms with Gasteiger partial charge in [0, 0.05) is 29.9 Å². The first-order chi connectivity index (χ1) is 12.7. The molecule has 2 aliphatic heterocycles. The summed E-state index contributed by atoms with van der Waals surface area (Å²) < 4.78 is 0. The number of rotatable bonds is 3. The Morgan fingerprint density at radius 1 is 1.08 bits per heavy atom. The van der Waals surface area contributed by atoms with Crippen molar-refractivity contribution in [3.8, 4) is 0 Å². The molecule has 132 valence electrons. The van der Waals surface area contributed by atoms with Crippen molar-refractivity contribution in [2.45, 2.75) is 18.8 Å². The van der Waals surface area contributed by atoms with Gasteiger partial charge < -0.3 is 9.74 Å². The van der Waals surface area contributed by atoms with Crippen LogP contribution in [0.4, 0.5) is 0 Å². The van der Waals surface area contributed by atoms with Gasteiger partial charge in [-0.05, 0) is 36.5 Å². The number of benzene rings is 2. The van der Waals surface area contributed by atoms with Crippen LogP contribution in [-0.2, 0) is 9.63 Å². The smallest absolute Gasteiger partial charge is 0.369 e. The number of hydrogen-bond donors (Lipinski definition) is 0. The van der Waals surface area contributed by atoms with Crippen LogP contribution in [-0.4, -0.2) is 29.7 Å². The van der Waals surface area contributed by atoms with Crippen LogP contribution >= 0.6 is 11.6 Å². The van der Waals surface area contributed by atoms with Gasteiger partial charge in [-0.1, -0.05) is 59.2 Å². The van der Waals surface area contributed by atoms with E-state index >= 15 is 0 Å². The van der Waals surface area contributed by atoms with Gasteiger partial charge in [0.25, 0.3) is 0 Å². The lowest BCUT2D eigenvalue weighted by Gasteiger charge is -2.31. The quantitative estimate of drug-likeness (QED) is 0.598. The highest BCUT2D eigenvalue weighted by molar-refractivity contribution is 6.32. The highest BCUT2D eigenvalue weighted by atomic mass is 35.5. The molecule has 1 fully saturated rings. The summed E-state index contributed by atoms with van der Waals surface area (Å²) in [4.78, 5) is 19.2. The molecule has 0 aliphatic carbocycles. The monoisotopic (exact) mass is 366 g/mol. The zero-order chi connectivity index (χ0) is 17.9. The van der Waals surface area contributed by atoms with Gasteiger partial charge in [0.05, 0.1) is 0 Å². The fraction of sp³-hybridized carbons (Fsp3) is 0.238. The van der Waals surface area contributed by atoms with Crippen molar-refractivity contribution in [2.24, 2.45) is 5.16 Å². The lowest BCUT2D eigenvalue weighted by molar-refractivity contribution is -0.136. The maximum atomic E-state index is 12.1. The fourth-order valence-electron chi connectivity index (χ4n) is 3.51. The average Bonchev–Trinajstić information content (AvgIpc) is 3.04. The van der Waals surface area contributed by atoms with E-state index in [1.54, 1.807) is 12.1 Å². The van der Waals surface area contributed by atoms with Crippen LogP contribution in [0, 0.1) is 0 Å². The second-order valence-electron chi connectivity index (χ2n) is 6.59. The molecule has 0 N–H and O–H groups in total. The van der Waals surface area contributed by atoms with Crippen molar-refractivity contribution in [1.29, 1.82) is 0 Å². The van der Waals surface area contributed by atoms with E-state index in [1.165, 1.54) is 5.56 Å². The molecule has 0 aromatic heterocycles. The Balaban J connectivity index is 1.49. The number of likely N-dealkylation sites (tertiary alicyclic amines) is 1. The van der Waals surface area contributed by atoms with E-state index in [1.807, 2.05) is 24.4 Å². The molecule has 2 aromatic rings. The molecule has 2 aromatic carbocycles. The lowest BCUT2D eigenvalue weighted by atomic mass is 9.89. The molecule has 0 amide bonds. The highest BCUT2D eigenvalue weighted by Gasteiger charge is 2.29. The van der Waals surface area contributed by atoms with E-state index in [2.05, 4.69) is 34.3 Å². The number of piperidine rings is 1. The number of oxime groups is 1. The SMILES string of the molecule is O=C1ON=C(c2cccc(Cl)c2)C1=CN1CCC(c2ccccc2)CC1. The first-order valence-electron chi connectivity index (χ1n) is 8.77. The predicted molar refractivity (Wildman–Crippen MR) is 102 cm³/mol. The van der Waals surface area contributed by atoms with E-state index in [0.717, 1.165) is 31.5 Å². The van der Waals surface area contributed by atoms with Crippen LogP contribution in [0.15, 0.2) is 71.5 Å². The number of carbonyl (C=O) groups is 1. The van der Waals surface area contributed by atoms with E-state index < -0.39 is 5.97 Å². The van der Waals surface area contributed by atoms with Gasteiger partial charge in [0.15, 0.2) is 0 Å². The molecule has 1 saturated heterocycles.